The summed E-state index contributed by atoms with van der Waals surface area (Å²) in [7, 11) is 3.26. The molecule has 1 heterocycles. The SMILES string of the molecule is CCN=c1scc(-c2ccc(OC)cc2OC)n1/N=C/c1ccc(C#N)cc1. The summed E-state index contributed by atoms with van der Waals surface area (Å²) in [6.07, 6.45) is 1.75. The molecule has 28 heavy (non-hydrogen) atoms. The highest BCUT2D eigenvalue weighted by Crippen LogP contribution is 2.33. The lowest BCUT2D eigenvalue weighted by Gasteiger charge is -2.10. The van der Waals surface area contributed by atoms with Gasteiger partial charge in [-0.2, -0.15) is 10.4 Å². The molecule has 0 aliphatic rings. The van der Waals surface area contributed by atoms with E-state index in [9.17, 15) is 0 Å². The van der Waals surface area contributed by atoms with Crippen LogP contribution >= 0.6 is 11.3 Å². The van der Waals surface area contributed by atoms with Gasteiger partial charge in [0.15, 0.2) is 0 Å². The molecule has 2 aromatic carbocycles. The Balaban J connectivity index is 2.08. The van der Waals surface area contributed by atoms with Crippen LogP contribution in [0.25, 0.3) is 11.3 Å². The van der Waals surface area contributed by atoms with E-state index in [2.05, 4.69) is 16.2 Å². The number of hydrogen-bond donors (Lipinski definition) is 0. The molecule has 0 unspecified atom stereocenters. The van der Waals surface area contributed by atoms with Crippen LogP contribution in [0.15, 0.2) is 57.9 Å². The molecule has 0 aliphatic carbocycles. The fraction of sp³-hybridized carbons (Fsp3) is 0.190. The molecule has 0 amide bonds. The van der Waals surface area contributed by atoms with Crippen LogP contribution in [0.5, 0.6) is 11.5 Å². The molecule has 0 spiro atoms. The second-order valence-corrected chi connectivity index (χ2v) is 6.57. The summed E-state index contributed by atoms with van der Waals surface area (Å²) in [4.78, 5) is 5.33. The number of ether oxygens (including phenoxy) is 2. The van der Waals surface area contributed by atoms with Gasteiger partial charge in [0.1, 0.15) is 11.5 Å². The minimum atomic E-state index is 0.616. The molecule has 142 valence electrons. The van der Waals surface area contributed by atoms with Crippen molar-refractivity contribution in [3.63, 3.8) is 0 Å². The summed E-state index contributed by atoms with van der Waals surface area (Å²) in [6, 6.07) is 15.1. The quantitative estimate of drug-likeness (QED) is 0.597. The minimum absolute atomic E-state index is 0.616. The highest BCUT2D eigenvalue weighted by atomic mass is 32.1. The van der Waals surface area contributed by atoms with E-state index in [1.165, 1.54) is 11.3 Å². The van der Waals surface area contributed by atoms with Crippen molar-refractivity contribution in [2.75, 3.05) is 20.8 Å². The first-order chi connectivity index (χ1) is 13.7. The number of benzene rings is 2. The van der Waals surface area contributed by atoms with Gasteiger partial charge in [-0.1, -0.05) is 12.1 Å². The molecule has 0 atom stereocenters. The van der Waals surface area contributed by atoms with Crippen LogP contribution in [0, 0.1) is 11.3 Å². The zero-order valence-electron chi connectivity index (χ0n) is 15.9. The average Bonchev–Trinajstić information content (AvgIpc) is 3.14. The van der Waals surface area contributed by atoms with Gasteiger partial charge in [-0.15, -0.1) is 11.3 Å². The lowest BCUT2D eigenvalue weighted by molar-refractivity contribution is 0.395. The Morgan fingerprint density at radius 1 is 1.14 bits per heavy atom. The molecule has 3 aromatic rings. The van der Waals surface area contributed by atoms with Crippen molar-refractivity contribution in [3.05, 3.63) is 63.8 Å². The molecule has 3 rings (SSSR count). The van der Waals surface area contributed by atoms with E-state index >= 15 is 0 Å². The molecule has 0 bridgehead atoms. The van der Waals surface area contributed by atoms with Gasteiger partial charge in [-0.3, -0.25) is 4.99 Å². The van der Waals surface area contributed by atoms with E-state index in [-0.39, 0.29) is 0 Å². The smallest absolute Gasteiger partial charge is 0.206 e. The Hall–Kier alpha value is -3.37. The number of nitrogens with zero attached hydrogens (tertiary/aromatic N) is 4. The maximum absolute atomic E-state index is 8.93. The van der Waals surface area contributed by atoms with Gasteiger partial charge in [-0.25, -0.2) is 4.68 Å². The first-order valence-corrected chi connectivity index (χ1v) is 9.56. The van der Waals surface area contributed by atoms with Gasteiger partial charge in [0, 0.05) is 23.6 Å². The van der Waals surface area contributed by atoms with E-state index in [1.807, 2.05) is 42.6 Å². The Morgan fingerprint density at radius 3 is 2.57 bits per heavy atom. The van der Waals surface area contributed by atoms with E-state index in [4.69, 9.17) is 14.7 Å². The normalized spacial score (nSPS) is 11.6. The third-order valence-electron chi connectivity index (χ3n) is 4.03. The van der Waals surface area contributed by atoms with Crippen LogP contribution in [0.3, 0.4) is 0 Å². The van der Waals surface area contributed by atoms with Gasteiger partial charge in [0.25, 0.3) is 0 Å². The Morgan fingerprint density at radius 2 is 1.93 bits per heavy atom. The van der Waals surface area contributed by atoms with E-state index in [1.54, 1.807) is 37.2 Å². The predicted molar refractivity (Wildman–Crippen MR) is 111 cm³/mol. The Kier molecular flexibility index (Phi) is 6.25. The second-order valence-electron chi connectivity index (χ2n) is 5.73. The molecule has 0 saturated heterocycles. The summed E-state index contributed by atoms with van der Waals surface area (Å²) in [6.45, 7) is 2.65. The fourth-order valence-electron chi connectivity index (χ4n) is 2.62. The average molecular weight is 392 g/mol. The van der Waals surface area contributed by atoms with Gasteiger partial charge in [0.05, 0.1) is 37.8 Å². The number of nitriles is 1. The standard InChI is InChI=1S/C21H20N4O2S/c1-4-23-21-25(24-13-16-7-5-15(12-22)6-8-16)19(14-28-21)18-10-9-17(26-2)11-20(18)27-3/h5-11,13-14H,4H2,1-3H3/b23-21?,24-13+. The number of rotatable bonds is 6. The maximum atomic E-state index is 8.93. The summed E-state index contributed by atoms with van der Waals surface area (Å²) in [5.41, 5.74) is 3.29. The largest absolute Gasteiger partial charge is 0.497 e. The summed E-state index contributed by atoms with van der Waals surface area (Å²) >= 11 is 1.52. The first-order valence-electron chi connectivity index (χ1n) is 8.68. The Bertz CT molecular complexity index is 1090. The zero-order chi connectivity index (χ0) is 19.9. The first kappa shape index (κ1) is 19.4. The van der Waals surface area contributed by atoms with Crippen molar-refractivity contribution in [2.45, 2.75) is 6.92 Å². The molecular formula is C21H20N4O2S. The molecule has 0 saturated carbocycles. The van der Waals surface area contributed by atoms with Crippen LogP contribution in [-0.2, 0) is 0 Å². The number of hydrogen-bond acceptors (Lipinski definition) is 6. The van der Waals surface area contributed by atoms with Crippen molar-refractivity contribution in [1.82, 2.24) is 4.68 Å². The predicted octanol–water partition coefficient (Wildman–Crippen LogP) is 3.91. The molecule has 1 aromatic heterocycles. The monoisotopic (exact) mass is 392 g/mol. The third-order valence-corrected chi connectivity index (χ3v) is 4.88. The van der Waals surface area contributed by atoms with Gasteiger partial charge < -0.3 is 9.47 Å². The van der Waals surface area contributed by atoms with Crippen molar-refractivity contribution >= 4 is 17.6 Å². The number of thiazole rings is 1. The number of methoxy groups -OCH3 is 2. The van der Waals surface area contributed by atoms with Crippen LogP contribution in [0.2, 0.25) is 0 Å². The summed E-state index contributed by atoms with van der Waals surface area (Å²) < 4.78 is 12.6. The van der Waals surface area contributed by atoms with Crippen molar-refractivity contribution in [3.8, 4) is 28.8 Å². The van der Waals surface area contributed by atoms with E-state index in [0.29, 0.717) is 17.9 Å². The third kappa shape index (κ3) is 4.13. The zero-order valence-corrected chi connectivity index (χ0v) is 16.7. The van der Waals surface area contributed by atoms with E-state index in [0.717, 1.165) is 27.4 Å². The van der Waals surface area contributed by atoms with Crippen molar-refractivity contribution in [2.24, 2.45) is 10.1 Å². The molecule has 7 heteroatoms. The number of aromatic nitrogens is 1. The Labute approximate surface area is 167 Å². The molecule has 6 nitrogen and oxygen atoms in total. The maximum Gasteiger partial charge on any atom is 0.206 e. The molecule has 0 radical (unpaired) electrons. The highest BCUT2D eigenvalue weighted by molar-refractivity contribution is 7.07. The second kappa shape index (κ2) is 9.02. The van der Waals surface area contributed by atoms with Crippen LogP contribution in [-0.4, -0.2) is 31.7 Å². The van der Waals surface area contributed by atoms with Crippen molar-refractivity contribution in [1.29, 1.82) is 5.26 Å². The van der Waals surface area contributed by atoms with Gasteiger partial charge in [0.2, 0.25) is 4.80 Å². The van der Waals surface area contributed by atoms with Crippen molar-refractivity contribution < 1.29 is 9.47 Å². The van der Waals surface area contributed by atoms with E-state index < -0.39 is 0 Å². The summed E-state index contributed by atoms with van der Waals surface area (Å²) in [5, 5.41) is 15.6. The minimum Gasteiger partial charge on any atom is -0.497 e. The lowest BCUT2D eigenvalue weighted by Crippen LogP contribution is -2.12. The molecular weight excluding hydrogens is 372 g/mol. The highest BCUT2D eigenvalue weighted by Gasteiger charge is 2.13. The van der Waals surface area contributed by atoms with Crippen LogP contribution in [0.1, 0.15) is 18.1 Å². The molecule has 0 N–H and O–H groups in total. The molecule has 0 aliphatic heterocycles. The van der Waals surface area contributed by atoms with Crippen LogP contribution in [0.4, 0.5) is 0 Å². The lowest BCUT2D eigenvalue weighted by atomic mass is 10.1. The fourth-order valence-corrected chi connectivity index (χ4v) is 3.51. The topological polar surface area (TPSA) is 71.9 Å². The van der Waals surface area contributed by atoms with Gasteiger partial charge >= 0.3 is 0 Å². The van der Waals surface area contributed by atoms with Gasteiger partial charge in [-0.05, 0) is 36.8 Å². The van der Waals surface area contributed by atoms with Crippen LogP contribution < -0.4 is 14.3 Å². The summed E-state index contributed by atoms with van der Waals surface area (Å²) in [5.74, 6) is 1.42. The molecule has 0 fully saturated rings.